The number of phosphoric acid groups is 3. The van der Waals surface area contributed by atoms with Crippen LogP contribution in [0.3, 0.4) is 0 Å². The molecule has 1 aromatic heterocycles. The SMILES string of the molecule is O.O.O.O.O.O.O=P([O-])([O-])OC1CCc2ccc(Br)c(Cl)c21.O=P([O-])([O-])Oc1c[nH]c2ccccc12.O=[N+]([O-])c1ccc(OP(=O)([O-])[O-])cc1.[Na+].[Na+].[Na+].[Na+].[Na+].[Na+]. The van der Waals surface area contributed by atoms with Crippen LogP contribution in [-0.4, -0.2) is 42.8 Å². The number of aromatic amines is 1. The molecule has 3 aromatic carbocycles. The molecule has 1 aliphatic rings. The fraction of sp³-hybridized carbons (Fsp3) is 0.130. The molecule has 0 fully saturated rings. The van der Waals surface area contributed by atoms with E-state index in [2.05, 4.69) is 34.5 Å². The summed E-state index contributed by atoms with van der Waals surface area (Å²) in [5.41, 5.74) is 2.02. The Hall–Kier alpha value is 3.14. The van der Waals surface area contributed by atoms with Crippen molar-refractivity contribution in [2.45, 2.75) is 18.9 Å². The second-order valence-electron chi connectivity index (χ2n) is 8.54. The molecule has 33 heteroatoms. The number of aryl methyl sites for hydroxylation is 1. The molecule has 4 aromatic rings. The number of halogens is 2. The van der Waals surface area contributed by atoms with Gasteiger partial charge in [-0.05, 0) is 64.7 Å². The molecule has 1 unspecified atom stereocenters. The summed E-state index contributed by atoms with van der Waals surface area (Å²) in [6.07, 6.45) is 1.71. The Morgan fingerprint density at radius 2 is 1.20 bits per heavy atom. The minimum atomic E-state index is -5.10. The van der Waals surface area contributed by atoms with Crippen LogP contribution in [0.1, 0.15) is 23.7 Å². The molecule has 1 atom stereocenters. The maximum atomic E-state index is 10.6. The number of fused-ring (bicyclic) bond motifs is 2. The summed E-state index contributed by atoms with van der Waals surface area (Å²) in [4.78, 5) is 74.5. The average molecular weight is 1000 g/mol. The second-order valence-corrected chi connectivity index (χ2v) is 13.0. The van der Waals surface area contributed by atoms with E-state index in [1.165, 1.54) is 6.20 Å². The zero-order chi connectivity index (χ0) is 32.9. The largest absolute Gasteiger partial charge is 1.00 e. The minimum absolute atomic E-state index is 0. The van der Waals surface area contributed by atoms with Crippen LogP contribution in [0.25, 0.3) is 10.9 Å². The fourth-order valence-corrected chi connectivity index (χ4v) is 5.81. The van der Waals surface area contributed by atoms with Crippen molar-refractivity contribution in [1.82, 2.24) is 4.98 Å². The zero-order valence-corrected chi connectivity index (χ0v) is 47.6. The Bertz CT molecular complexity index is 1810. The molecule has 56 heavy (non-hydrogen) atoms. The van der Waals surface area contributed by atoms with Gasteiger partial charge in [0, 0.05) is 39.3 Å². The first-order valence-corrected chi connectivity index (χ1v) is 17.3. The third kappa shape index (κ3) is 29.5. The predicted molar refractivity (Wildman–Crippen MR) is 168 cm³/mol. The molecule has 22 nitrogen and oxygen atoms in total. The first-order valence-electron chi connectivity index (χ1n) is 11.7. The van der Waals surface area contributed by atoms with Crippen LogP contribution in [0.15, 0.2) is 71.3 Å². The van der Waals surface area contributed by atoms with E-state index in [1.54, 1.807) is 30.3 Å². The van der Waals surface area contributed by atoms with Crippen molar-refractivity contribution in [3.05, 3.63) is 97.6 Å². The quantitative estimate of drug-likeness (QED) is 0.0778. The molecule has 1 heterocycles. The first-order chi connectivity index (χ1) is 20.3. The summed E-state index contributed by atoms with van der Waals surface area (Å²) in [5.74, 6) is -0.210. The van der Waals surface area contributed by atoms with Gasteiger partial charge in [-0.1, -0.05) is 29.8 Å². The standard InChI is InChI=1S/C9H9BrClO4P.C8H8NO4P.C6H6NO6P.6Na.6H2O/c10-6-3-1-5-2-4-7(8(5)9(6)11)15-16(12,13)14;10-14(11,12)13-8-5-9-7-4-2-1-3-6(7)8;8-7(9)5-1-3-6(4-2-5)13-14(10,11)12;;;;;;;;;;;;/h1,3,7H,2,4H2,(H2,12,13,14);1-5,9H,(H2,10,11,12);1-4H,(H2,10,11,12);;;;;;;6*1H2/q;;;6*+1;;;;;;/p-6. The summed E-state index contributed by atoms with van der Waals surface area (Å²) in [7, 11) is -15.1. The molecule has 1 aliphatic carbocycles. The van der Waals surface area contributed by atoms with Crippen molar-refractivity contribution in [3.8, 4) is 11.5 Å². The van der Waals surface area contributed by atoms with E-state index >= 15 is 0 Å². The summed E-state index contributed by atoms with van der Waals surface area (Å²) in [5, 5.41) is 11.2. The summed E-state index contributed by atoms with van der Waals surface area (Å²) in [6.45, 7) is 0. The number of non-ortho nitro benzene ring substituents is 1. The molecule has 0 saturated carbocycles. The minimum Gasteiger partial charge on any atom is -0.790 e. The maximum absolute atomic E-state index is 10.6. The van der Waals surface area contributed by atoms with Crippen LogP contribution in [0.4, 0.5) is 5.69 Å². The van der Waals surface area contributed by atoms with Crippen molar-refractivity contribution in [1.29, 1.82) is 0 Å². The molecule has 0 radical (unpaired) electrons. The van der Waals surface area contributed by atoms with Crippen LogP contribution in [0, 0.1) is 10.1 Å². The van der Waals surface area contributed by atoms with Crippen LogP contribution in [0.5, 0.6) is 11.5 Å². The summed E-state index contributed by atoms with van der Waals surface area (Å²) in [6, 6.07) is 14.7. The summed E-state index contributed by atoms with van der Waals surface area (Å²) < 4.78 is 44.5. The van der Waals surface area contributed by atoms with Crippen LogP contribution < -0.4 is 216 Å². The van der Waals surface area contributed by atoms with Crippen LogP contribution in [-0.2, 0) is 24.6 Å². The maximum Gasteiger partial charge on any atom is 1.00 e. The molecule has 286 valence electrons. The van der Waals surface area contributed by atoms with Gasteiger partial charge in [-0.25, -0.2) is 0 Å². The number of para-hydroxylation sites is 1. The van der Waals surface area contributed by atoms with Crippen molar-refractivity contribution >= 4 is 67.6 Å². The number of nitrogens with zero attached hydrogens (tertiary/aromatic N) is 1. The monoisotopic (exact) mass is 998 g/mol. The van der Waals surface area contributed by atoms with Gasteiger partial charge in [-0.2, -0.15) is 0 Å². The molecule has 0 spiro atoms. The molecule has 5 rings (SSSR count). The van der Waals surface area contributed by atoms with E-state index in [0.29, 0.717) is 33.3 Å². The number of nitro benzene ring substituents is 1. The average Bonchev–Trinajstić information content (AvgIpc) is 3.49. The van der Waals surface area contributed by atoms with E-state index in [9.17, 15) is 53.2 Å². The number of hydrogen-bond acceptors (Lipinski definition) is 14. The van der Waals surface area contributed by atoms with Gasteiger partial charge >= 0.3 is 177 Å². The van der Waals surface area contributed by atoms with Gasteiger partial charge < -0.3 is 94.5 Å². The van der Waals surface area contributed by atoms with Gasteiger partial charge in [-0.3, -0.25) is 10.1 Å². The predicted octanol–water partition coefficient (Wildman–Crippen LogP) is -20.8. The first kappa shape index (κ1) is 82.8. The smallest absolute Gasteiger partial charge is 0.790 e. The number of benzene rings is 3. The number of aromatic nitrogens is 1. The third-order valence-electron chi connectivity index (χ3n) is 5.50. The molecule has 0 saturated heterocycles. The van der Waals surface area contributed by atoms with Gasteiger partial charge in [0.25, 0.3) is 5.69 Å². The van der Waals surface area contributed by atoms with Gasteiger partial charge in [0.2, 0.25) is 0 Å². The molecule has 0 aliphatic heterocycles. The van der Waals surface area contributed by atoms with E-state index in [4.69, 9.17) is 11.6 Å². The Labute approximate surface area is 464 Å². The fourth-order valence-electron chi connectivity index (χ4n) is 3.86. The second kappa shape index (κ2) is 37.5. The van der Waals surface area contributed by atoms with Gasteiger partial charge in [0.1, 0.15) is 27.1 Å². The molecule has 0 bridgehead atoms. The third-order valence-corrected chi connectivity index (χ3v) is 8.17. The number of phosphoric ester groups is 3. The van der Waals surface area contributed by atoms with E-state index in [1.807, 2.05) is 6.07 Å². The molecular weight excluding hydrogens is 970 g/mol. The number of nitro groups is 1. The Morgan fingerprint density at radius 3 is 1.64 bits per heavy atom. The van der Waals surface area contributed by atoms with Crippen LogP contribution in [0.2, 0.25) is 5.02 Å². The van der Waals surface area contributed by atoms with E-state index in [0.717, 1.165) is 35.3 Å². The zero-order valence-electron chi connectivity index (χ0n) is 30.6. The van der Waals surface area contributed by atoms with Gasteiger partial charge in [-0.15, -0.1) is 0 Å². The number of hydrogen-bond donors (Lipinski definition) is 1. The van der Waals surface area contributed by atoms with Crippen molar-refractivity contribution in [3.63, 3.8) is 0 Å². The van der Waals surface area contributed by atoms with Gasteiger partial charge in [0.15, 0.2) is 0 Å². The van der Waals surface area contributed by atoms with E-state index in [-0.39, 0.29) is 227 Å². The van der Waals surface area contributed by atoms with Crippen molar-refractivity contribution in [2.24, 2.45) is 0 Å². The number of nitrogens with one attached hydrogen (secondary N) is 1. The van der Waals surface area contributed by atoms with Crippen molar-refractivity contribution in [2.75, 3.05) is 0 Å². The van der Waals surface area contributed by atoms with Crippen molar-refractivity contribution < 1.29 is 272 Å². The topological polar surface area (TPSA) is 465 Å². The number of H-pyrrole nitrogens is 1. The van der Waals surface area contributed by atoms with Crippen LogP contribution >= 0.6 is 51.0 Å². The number of rotatable bonds is 7. The molecule has 0 amide bonds. The Balaban J connectivity index is -0.0000000641. The summed E-state index contributed by atoms with van der Waals surface area (Å²) >= 11 is 9.28. The Morgan fingerprint density at radius 1 is 0.714 bits per heavy atom. The molecular formula is C23H29BrClN2Na6O20P3. The van der Waals surface area contributed by atoms with E-state index < -0.39 is 34.5 Å². The molecule has 13 N–H and O–H groups in total. The Kier molecular flexibility index (Phi) is 55.4. The van der Waals surface area contributed by atoms with Gasteiger partial charge in [0.05, 0.1) is 23.9 Å². The normalized spacial score (nSPS) is 11.4.